The van der Waals surface area contributed by atoms with Crippen LogP contribution in [0.4, 0.5) is 0 Å². The van der Waals surface area contributed by atoms with E-state index in [-0.39, 0.29) is 0 Å². The van der Waals surface area contributed by atoms with Crippen LogP contribution >= 0.6 is 0 Å². The van der Waals surface area contributed by atoms with Gasteiger partial charge in [-0.3, -0.25) is 0 Å². The zero-order chi connectivity index (χ0) is 7.40. The lowest BCUT2D eigenvalue weighted by atomic mass is 10.4. The second kappa shape index (κ2) is 3.62. The molecule has 0 amide bonds. The van der Waals surface area contributed by atoms with E-state index in [0.717, 1.165) is 6.54 Å². The topological polar surface area (TPSA) is 6.48 Å². The molecular formula is C8H16N2. The molecule has 1 rings (SSSR count). The van der Waals surface area contributed by atoms with Crippen molar-refractivity contribution in [3.63, 3.8) is 0 Å². The number of hydrogen-bond acceptors (Lipinski definition) is 2. The summed E-state index contributed by atoms with van der Waals surface area (Å²) in [5.74, 6) is 0. The summed E-state index contributed by atoms with van der Waals surface area (Å²) in [6.45, 7) is 8.47. The maximum Gasteiger partial charge on any atom is 0.0299 e. The summed E-state index contributed by atoms with van der Waals surface area (Å²) in [5.41, 5.74) is 0. The van der Waals surface area contributed by atoms with Gasteiger partial charge in [-0.2, -0.15) is 0 Å². The first-order valence-corrected chi connectivity index (χ1v) is 3.88. The second-order valence-corrected chi connectivity index (χ2v) is 2.88. The lowest BCUT2D eigenvalue weighted by Gasteiger charge is -2.16. The van der Waals surface area contributed by atoms with E-state index in [1.54, 1.807) is 0 Å². The fraction of sp³-hybridized carbons (Fsp3) is 0.750. The Bertz CT molecular complexity index is 112. The molecular weight excluding hydrogens is 124 g/mol. The smallest absolute Gasteiger partial charge is 0.0299 e. The molecule has 0 N–H and O–H groups in total. The quantitative estimate of drug-likeness (QED) is 0.531. The highest BCUT2D eigenvalue weighted by atomic mass is 15.2. The Morgan fingerprint density at radius 1 is 1.20 bits per heavy atom. The van der Waals surface area contributed by atoms with Gasteiger partial charge in [-0.1, -0.05) is 6.58 Å². The molecule has 10 heavy (non-hydrogen) atoms. The van der Waals surface area contributed by atoms with E-state index in [9.17, 15) is 0 Å². The molecule has 0 aromatic heterocycles. The molecule has 0 radical (unpaired) electrons. The van der Waals surface area contributed by atoms with Crippen molar-refractivity contribution in [3.8, 4) is 0 Å². The Kier molecular flexibility index (Phi) is 2.75. The van der Waals surface area contributed by atoms with Crippen molar-refractivity contribution >= 4 is 0 Å². The standard InChI is InChI=1S/C8H16N2/c1-3-10-6-4-5-9(2)7-8-10/h3H,1,4-8H2,2H3. The van der Waals surface area contributed by atoms with Crippen molar-refractivity contribution in [1.29, 1.82) is 0 Å². The van der Waals surface area contributed by atoms with Gasteiger partial charge >= 0.3 is 0 Å². The maximum absolute atomic E-state index is 3.76. The molecule has 58 valence electrons. The predicted octanol–water partition coefficient (Wildman–Crippen LogP) is 0.767. The van der Waals surface area contributed by atoms with Gasteiger partial charge in [0.05, 0.1) is 0 Å². The minimum absolute atomic E-state index is 1.14. The third-order valence-electron chi connectivity index (χ3n) is 2.01. The zero-order valence-electron chi connectivity index (χ0n) is 6.71. The van der Waals surface area contributed by atoms with Crippen LogP contribution in [0.25, 0.3) is 0 Å². The van der Waals surface area contributed by atoms with E-state index in [2.05, 4.69) is 23.4 Å². The van der Waals surface area contributed by atoms with Gasteiger partial charge < -0.3 is 9.80 Å². The van der Waals surface area contributed by atoms with E-state index in [1.807, 2.05) is 6.20 Å². The van der Waals surface area contributed by atoms with Crippen LogP contribution in [0.5, 0.6) is 0 Å². The largest absolute Gasteiger partial charge is 0.377 e. The lowest BCUT2D eigenvalue weighted by molar-refractivity contribution is 0.337. The van der Waals surface area contributed by atoms with Gasteiger partial charge in [0.2, 0.25) is 0 Å². The van der Waals surface area contributed by atoms with Crippen molar-refractivity contribution < 1.29 is 0 Å². The molecule has 1 heterocycles. The molecule has 0 aromatic carbocycles. The van der Waals surface area contributed by atoms with Crippen LogP contribution in [0.1, 0.15) is 6.42 Å². The third kappa shape index (κ3) is 2.03. The Morgan fingerprint density at radius 2 is 2.00 bits per heavy atom. The fourth-order valence-electron chi connectivity index (χ4n) is 1.25. The Morgan fingerprint density at radius 3 is 2.70 bits per heavy atom. The van der Waals surface area contributed by atoms with Crippen molar-refractivity contribution in [3.05, 3.63) is 12.8 Å². The molecule has 2 nitrogen and oxygen atoms in total. The second-order valence-electron chi connectivity index (χ2n) is 2.88. The molecule has 0 spiro atoms. The number of nitrogens with zero attached hydrogens (tertiary/aromatic N) is 2. The Balaban J connectivity index is 2.32. The van der Waals surface area contributed by atoms with Crippen molar-refractivity contribution in [1.82, 2.24) is 9.80 Å². The van der Waals surface area contributed by atoms with Crippen LogP contribution in [0.3, 0.4) is 0 Å². The Hall–Kier alpha value is -0.500. The first kappa shape index (κ1) is 7.61. The highest BCUT2D eigenvalue weighted by Gasteiger charge is 2.06. The van der Waals surface area contributed by atoms with Gasteiger partial charge in [0.25, 0.3) is 0 Å². The molecule has 1 saturated heterocycles. The summed E-state index contributed by atoms with van der Waals surface area (Å²) in [6.07, 6.45) is 3.21. The molecule has 0 unspecified atom stereocenters. The minimum Gasteiger partial charge on any atom is -0.377 e. The first-order chi connectivity index (χ1) is 4.83. The van der Waals surface area contributed by atoms with Crippen LogP contribution in [0, 0.1) is 0 Å². The average Bonchev–Trinajstić information content (AvgIpc) is 2.14. The van der Waals surface area contributed by atoms with Crippen LogP contribution in [0.15, 0.2) is 12.8 Å². The van der Waals surface area contributed by atoms with E-state index in [0.29, 0.717) is 0 Å². The summed E-state index contributed by atoms with van der Waals surface area (Å²) in [7, 11) is 2.17. The molecule has 1 aliphatic rings. The van der Waals surface area contributed by atoms with Crippen molar-refractivity contribution in [2.24, 2.45) is 0 Å². The number of likely N-dealkylation sites (N-methyl/N-ethyl adjacent to an activating group) is 1. The number of rotatable bonds is 1. The van der Waals surface area contributed by atoms with Crippen LogP contribution < -0.4 is 0 Å². The summed E-state index contributed by atoms with van der Waals surface area (Å²) < 4.78 is 0. The predicted molar refractivity (Wildman–Crippen MR) is 43.9 cm³/mol. The van der Waals surface area contributed by atoms with Crippen molar-refractivity contribution in [2.75, 3.05) is 33.2 Å². The van der Waals surface area contributed by atoms with Gasteiger partial charge in [0.15, 0.2) is 0 Å². The number of hydrogen-bond donors (Lipinski definition) is 0. The minimum atomic E-state index is 1.14. The molecule has 0 bridgehead atoms. The molecule has 0 aliphatic carbocycles. The fourth-order valence-corrected chi connectivity index (χ4v) is 1.25. The van der Waals surface area contributed by atoms with E-state index < -0.39 is 0 Å². The highest BCUT2D eigenvalue weighted by Crippen LogP contribution is 1.99. The maximum atomic E-state index is 3.76. The molecule has 1 fully saturated rings. The van der Waals surface area contributed by atoms with Crippen LogP contribution in [-0.2, 0) is 0 Å². The first-order valence-electron chi connectivity index (χ1n) is 3.88. The highest BCUT2D eigenvalue weighted by molar-refractivity contribution is 4.75. The van der Waals surface area contributed by atoms with Crippen molar-refractivity contribution in [2.45, 2.75) is 6.42 Å². The monoisotopic (exact) mass is 140 g/mol. The summed E-state index contributed by atoms with van der Waals surface area (Å²) in [4.78, 5) is 4.65. The molecule has 1 aliphatic heterocycles. The third-order valence-corrected chi connectivity index (χ3v) is 2.01. The zero-order valence-corrected chi connectivity index (χ0v) is 6.71. The Labute approximate surface area is 63.1 Å². The normalized spacial score (nSPS) is 22.3. The van der Waals surface area contributed by atoms with E-state index >= 15 is 0 Å². The molecule has 2 heteroatoms. The summed E-state index contributed by atoms with van der Waals surface area (Å²) in [5, 5.41) is 0. The van der Waals surface area contributed by atoms with E-state index in [4.69, 9.17) is 0 Å². The molecule has 0 aromatic rings. The van der Waals surface area contributed by atoms with Crippen LogP contribution in [0.2, 0.25) is 0 Å². The van der Waals surface area contributed by atoms with Gasteiger partial charge in [-0.25, -0.2) is 0 Å². The SMILES string of the molecule is C=CN1CCCN(C)CC1. The van der Waals surface area contributed by atoms with E-state index in [1.165, 1.54) is 26.1 Å². The molecule has 0 atom stereocenters. The van der Waals surface area contributed by atoms with Crippen LogP contribution in [-0.4, -0.2) is 43.0 Å². The lowest BCUT2D eigenvalue weighted by Crippen LogP contribution is -2.24. The average molecular weight is 140 g/mol. The summed E-state index contributed by atoms with van der Waals surface area (Å²) >= 11 is 0. The van der Waals surface area contributed by atoms with Gasteiger partial charge in [0, 0.05) is 19.6 Å². The van der Waals surface area contributed by atoms with Gasteiger partial charge in [-0.05, 0) is 26.2 Å². The van der Waals surface area contributed by atoms with Gasteiger partial charge in [-0.15, -0.1) is 0 Å². The molecule has 0 saturated carbocycles. The van der Waals surface area contributed by atoms with Gasteiger partial charge in [0.1, 0.15) is 0 Å². The summed E-state index contributed by atoms with van der Waals surface area (Å²) in [6, 6.07) is 0.